The minimum absolute atomic E-state index is 0.0159. The number of hydrogen-bond acceptors (Lipinski definition) is 2. The van der Waals surface area contributed by atoms with Gasteiger partial charge in [-0.3, -0.25) is 4.98 Å². The maximum Gasteiger partial charge on any atom is 0.0775 e. The van der Waals surface area contributed by atoms with Gasteiger partial charge in [0.2, 0.25) is 0 Å². The molecule has 0 radical (unpaired) electrons. The minimum Gasteiger partial charge on any atom is -0.380 e. The lowest BCUT2D eigenvalue weighted by Crippen LogP contribution is -2.13. The zero-order valence-corrected chi connectivity index (χ0v) is 12.0. The van der Waals surface area contributed by atoms with E-state index < -0.39 is 0 Å². The van der Waals surface area contributed by atoms with Gasteiger partial charge in [0.05, 0.1) is 17.1 Å². The number of fused-ring (bicyclic) bond motifs is 1. The van der Waals surface area contributed by atoms with E-state index in [1.807, 2.05) is 24.3 Å². The molecule has 0 aliphatic rings. The van der Waals surface area contributed by atoms with E-state index in [1.165, 1.54) is 0 Å². The molecule has 0 atom stereocenters. The standard InChI is InChI=1S/C15H18ClNO/c1-15(2,3)13-8-12(16)11-7-5-6-10(9-18-4)14(11)17-13/h5-8H,9H2,1-4H3. The topological polar surface area (TPSA) is 22.1 Å². The molecule has 0 aliphatic heterocycles. The van der Waals surface area contributed by atoms with Gasteiger partial charge in [-0.25, -0.2) is 0 Å². The summed E-state index contributed by atoms with van der Waals surface area (Å²) < 4.78 is 5.22. The molecule has 0 saturated carbocycles. The summed E-state index contributed by atoms with van der Waals surface area (Å²) in [7, 11) is 1.69. The normalized spacial score (nSPS) is 12.1. The molecule has 1 aromatic heterocycles. The molecule has 0 N–H and O–H groups in total. The number of ether oxygens (including phenoxy) is 1. The van der Waals surface area contributed by atoms with Crippen LogP contribution in [0, 0.1) is 0 Å². The molecule has 0 spiro atoms. The molecule has 2 rings (SSSR count). The second-order valence-electron chi connectivity index (χ2n) is 5.49. The lowest BCUT2D eigenvalue weighted by atomic mass is 9.91. The number of pyridine rings is 1. The van der Waals surface area contributed by atoms with Crippen LogP contribution in [0.5, 0.6) is 0 Å². The highest BCUT2D eigenvalue weighted by molar-refractivity contribution is 6.35. The Bertz CT molecular complexity index is 572. The summed E-state index contributed by atoms with van der Waals surface area (Å²) in [6.07, 6.45) is 0. The quantitative estimate of drug-likeness (QED) is 0.804. The second kappa shape index (κ2) is 4.87. The van der Waals surface area contributed by atoms with Crippen LogP contribution in [-0.4, -0.2) is 12.1 Å². The van der Waals surface area contributed by atoms with Gasteiger partial charge in [0.1, 0.15) is 0 Å². The van der Waals surface area contributed by atoms with Crippen molar-refractivity contribution in [1.82, 2.24) is 4.98 Å². The Morgan fingerprint density at radius 2 is 2.00 bits per heavy atom. The molecule has 0 unspecified atom stereocenters. The number of para-hydroxylation sites is 1. The molecule has 0 amide bonds. The Balaban J connectivity index is 2.72. The van der Waals surface area contributed by atoms with Crippen LogP contribution in [-0.2, 0) is 16.8 Å². The molecular weight excluding hydrogens is 246 g/mol. The molecule has 2 nitrogen and oxygen atoms in total. The molecule has 96 valence electrons. The van der Waals surface area contributed by atoms with Crippen molar-refractivity contribution >= 4 is 22.5 Å². The molecule has 18 heavy (non-hydrogen) atoms. The Kier molecular flexibility index (Phi) is 3.60. The molecule has 0 aliphatic carbocycles. The molecule has 2 aromatic rings. The summed E-state index contributed by atoms with van der Waals surface area (Å²) in [5.41, 5.74) is 3.00. The highest BCUT2D eigenvalue weighted by atomic mass is 35.5. The van der Waals surface area contributed by atoms with Crippen molar-refractivity contribution in [1.29, 1.82) is 0 Å². The summed E-state index contributed by atoms with van der Waals surface area (Å²) in [4.78, 5) is 4.76. The highest BCUT2D eigenvalue weighted by Crippen LogP contribution is 2.30. The fourth-order valence-electron chi connectivity index (χ4n) is 1.92. The number of aromatic nitrogens is 1. The third-order valence-electron chi connectivity index (χ3n) is 2.94. The highest BCUT2D eigenvalue weighted by Gasteiger charge is 2.18. The molecule has 0 saturated heterocycles. The van der Waals surface area contributed by atoms with E-state index in [-0.39, 0.29) is 5.41 Å². The molecule has 1 heterocycles. The fraction of sp³-hybridized carbons (Fsp3) is 0.400. The van der Waals surface area contributed by atoms with Crippen molar-refractivity contribution in [3.05, 3.63) is 40.5 Å². The van der Waals surface area contributed by atoms with E-state index in [9.17, 15) is 0 Å². The first kappa shape index (κ1) is 13.3. The van der Waals surface area contributed by atoms with E-state index in [0.29, 0.717) is 6.61 Å². The van der Waals surface area contributed by atoms with Gasteiger partial charge in [0.25, 0.3) is 0 Å². The average Bonchev–Trinajstić information content (AvgIpc) is 2.29. The Hall–Kier alpha value is -1.12. The van der Waals surface area contributed by atoms with Gasteiger partial charge in [-0.1, -0.05) is 50.6 Å². The van der Waals surface area contributed by atoms with Crippen LogP contribution in [0.3, 0.4) is 0 Å². The zero-order valence-electron chi connectivity index (χ0n) is 11.2. The molecule has 0 fully saturated rings. The van der Waals surface area contributed by atoms with E-state index in [2.05, 4.69) is 20.8 Å². The largest absolute Gasteiger partial charge is 0.380 e. The van der Waals surface area contributed by atoms with Crippen LogP contribution >= 0.6 is 11.6 Å². The van der Waals surface area contributed by atoms with Gasteiger partial charge in [-0.05, 0) is 6.07 Å². The maximum atomic E-state index is 6.36. The summed E-state index contributed by atoms with van der Waals surface area (Å²) in [5.74, 6) is 0. The fourth-order valence-corrected chi connectivity index (χ4v) is 2.18. The van der Waals surface area contributed by atoms with Gasteiger partial charge >= 0.3 is 0 Å². The third-order valence-corrected chi connectivity index (χ3v) is 3.25. The van der Waals surface area contributed by atoms with E-state index in [1.54, 1.807) is 7.11 Å². The van der Waals surface area contributed by atoms with Crippen LogP contribution in [0.15, 0.2) is 24.3 Å². The van der Waals surface area contributed by atoms with Crippen molar-refractivity contribution in [2.24, 2.45) is 0 Å². The monoisotopic (exact) mass is 263 g/mol. The van der Waals surface area contributed by atoms with Crippen LogP contribution in [0.2, 0.25) is 5.02 Å². The smallest absolute Gasteiger partial charge is 0.0775 e. The zero-order chi connectivity index (χ0) is 13.3. The number of benzene rings is 1. The number of methoxy groups -OCH3 is 1. The third kappa shape index (κ3) is 2.50. The van der Waals surface area contributed by atoms with Crippen molar-refractivity contribution in [3.63, 3.8) is 0 Å². The van der Waals surface area contributed by atoms with Gasteiger partial charge in [-0.2, -0.15) is 0 Å². The number of hydrogen-bond donors (Lipinski definition) is 0. The summed E-state index contributed by atoms with van der Waals surface area (Å²) in [6.45, 7) is 6.96. The van der Waals surface area contributed by atoms with Gasteiger partial charge < -0.3 is 4.74 Å². The first-order valence-electron chi connectivity index (χ1n) is 6.01. The molecule has 1 aromatic carbocycles. The average molecular weight is 264 g/mol. The lowest BCUT2D eigenvalue weighted by molar-refractivity contribution is 0.186. The molecule has 0 bridgehead atoms. The van der Waals surface area contributed by atoms with Crippen molar-refractivity contribution in [2.45, 2.75) is 32.8 Å². The van der Waals surface area contributed by atoms with Crippen LogP contribution in [0.25, 0.3) is 10.9 Å². The SMILES string of the molecule is COCc1cccc2c(Cl)cc(C(C)(C)C)nc12. The Labute approximate surface area is 113 Å². The number of halogens is 1. The van der Waals surface area contributed by atoms with Gasteiger partial charge in [0, 0.05) is 29.2 Å². The van der Waals surface area contributed by atoms with Crippen molar-refractivity contribution in [3.8, 4) is 0 Å². The lowest BCUT2D eigenvalue weighted by Gasteiger charge is -2.19. The van der Waals surface area contributed by atoms with Crippen LogP contribution in [0.4, 0.5) is 0 Å². The minimum atomic E-state index is -0.0159. The molecular formula is C15H18ClNO. The second-order valence-corrected chi connectivity index (χ2v) is 5.89. The predicted molar refractivity (Wildman–Crippen MR) is 76.2 cm³/mol. The van der Waals surface area contributed by atoms with Gasteiger partial charge in [0.15, 0.2) is 0 Å². The van der Waals surface area contributed by atoms with Crippen molar-refractivity contribution < 1.29 is 4.74 Å². The predicted octanol–water partition coefficient (Wildman–Crippen LogP) is 4.33. The van der Waals surface area contributed by atoms with E-state index >= 15 is 0 Å². The van der Waals surface area contributed by atoms with Crippen molar-refractivity contribution in [2.75, 3.05) is 7.11 Å². The number of nitrogens with zero attached hydrogens (tertiary/aromatic N) is 1. The summed E-state index contributed by atoms with van der Waals surface area (Å²) in [6, 6.07) is 7.97. The Morgan fingerprint density at radius 3 is 2.61 bits per heavy atom. The van der Waals surface area contributed by atoms with E-state index in [4.69, 9.17) is 21.3 Å². The summed E-state index contributed by atoms with van der Waals surface area (Å²) >= 11 is 6.36. The first-order valence-corrected chi connectivity index (χ1v) is 6.39. The van der Waals surface area contributed by atoms with E-state index in [0.717, 1.165) is 27.2 Å². The number of rotatable bonds is 2. The Morgan fingerprint density at radius 1 is 1.28 bits per heavy atom. The van der Waals surface area contributed by atoms with Crippen LogP contribution in [0.1, 0.15) is 32.0 Å². The summed E-state index contributed by atoms with van der Waals surface area (Å²) in [5, 5.41) is 1.74. The maximum absolute atomic E-state index is 6.36. The first-order chi connectivity index (χ1) is 8.43. The van der Waals surface area contributed by atoms with Crippen LogP contribution < -0.4 is 0 Å². The van der Waals surface area contributed by atoms with Gasteiger partial charge in [-0.15, -0.1) is 0 Å². The molecule has 3 heteroatoms.